The van der Waals surface area contributed by atoms with E-state index in [0.717, 1.165) is 5.56 Å². The number of rotatable bonds is 5. The lowest BCUT2D eigenvalue weighted by Gasteiger charge is -2.09. The summed E-state index contributed by atoms with van der Waals surface area (Å²) in [4.78, 5) is 19.7. The van der Waals surface area contributed by atoms with Crippen LogP contribution in [-0.2, 0) is 6.54 Å². The topological polar surface area (TPSA) is 99.9 Å². The fourth-order valence-electron chi connectivity index (χ4n) is 2.14. The van der Waals surface area contributed by atoms with Crippen molar-refractivity contribution in [2.75, 3.05) is 5.32 Å². The van der Waals surface area contributed by atoms with Gasteiger partial charge in [-0.2, -0.15) is 5.26 Å². The zero-order chi connectivity index (χ0) is 18.2. The highest BCUT2D eigenvalue weighted by atomic mass is 16.5. The van der Waals surface area contributed by atoms with Gasteiger partial charge < -0.3 is 15.4 Å². The fraction of sp³-hybridized carbons (Fsp3) is 0.0526. The first-order valence-corrected chi connectivity index (χ1v) is 7.81. The standard InChI is InChI=1S/C19H15N5O2/c20-12-16-11-18(7-10-22-16)26-17-3-1-15(2-4-17)24-19(25)23-13-14-5-8-21-9-6-14/h1-11H,13H2,(H2,23,24,25). The van der Waals surface area contributed by atoms with Crippen LogP contribution in [-0.4, -0.2) is 16.0 Å². The predicted octanol–water partition coefficient (Wildman–Crippen LogP) is 3.46. The molecule has 0 atom stereocenters. The Hall–Kier alpha value is -3.92. The van der Waals surface area contributed by atoms with Crippen LogP contribution in [0.1, 0.15) is 11.3 Å². The Morgan fingerprint density at radius 1 is 1.04 bits per heavy atom. The molecule has 0 radical (unpaired) electrons. The number of anilines is 1. The van der Waals surface area contributed by atoms with Gasteiger partial charge in [-0.1, -0.05) is 0 Å². The average molecular weight is 345 g/mol. The van der Waals surface area contributed by atoms with Gasteiger partial charge in [-0.15, -0.1) is 0 Å². The van der Waals surface area contributed by atoms with E-state index in [9.17, 15) is 4.79 Å². The number of nitrogens with zero attached hydrogens (tertiary/aromatic N) is 3. The van der Waals surface area contributed by atoms with Crippen molar-refractivity contribution in [1.29, 1.82) is 5.26 Å². The molecule has 2 heterocycles. The smallest absolute Gasteiger partial charge is 0.319 e. The van der Waals surface area contributed by atoms with Crippen LogP contribution >= 0.6 is 0 Å². The molecule has 3 aromatic rings. The van der Waals surface area contributed by atoms with Gasteiger partial charge >= 0.3 is 6.03 Å². The molecule has 0 aliphatic carbocycles. The van der Waals surface area contributed by atoms with E-state index in [2.05, 4.69) is 20.6 Å². The summed E-state index contributed by atoms with van der Waals surface area (Å²) in [6.07, 6.45) is 4.86. The number of amides is 2. The average Bonchev–Trinajstić information content (AvgIpc) is 2.69. The van der Waals surface area contributed by atoms with E-state index in [1.165, 1.54) is 6.20 Å². The van der Waals surface area contributed by atoms with Crippen molar-refractivity contribution in [1.82, 2.24) is 15.3 Å². The second-order valence-electron chi connectivity index (χ2n) is 5.28. The molecule has 26 heavy (non-hydrogen) atoms. The van der Waals surface area contributed by atoms with Gasteiger partial charge in [-0.3, -0.25) is 4.98 Å². The fourth-order valence-corrected chi connectivity index (χ4v) is 2.14. The number of nitrogens with one attached hydrogen (secondary N) is 2. The molecule has 0 fully saturated rings. The van der Waals surface area contributed by atoms with Gasteiger partial charge in [0.2, 0.25) is 0 Å². The molecule has 0 unspecified atom stereocenters. The van der Waals surface area contributed by atoms with Crippen LogP contribution in [0.3, 0.4) is 0 Å². The Balaban J connectivity index is 1.54. The summed E-state index contributed by atoms with van der Waals surface area (Å²) in [6, 6.07) is 15.5. The molecule has 7 nitrogen and oxygen atoms in total. The molecular formula is C19H15N5O2. The zero-order valence-corrected chi connectivity index (χ0v) is 13.7. The Kier molecular flexibility index (Phi) is 5.38. The SMILES string of the molecule is N#Cc1cc(Oc2ccc(NC(=O)NCc3ccncc3)cc2)ccn1. The first-order chi connectivity index (χ1) is 12.7. The molecule has 0 bridgehead atoms. The van der Waals surface area contributed by atoms with Crippen molar-refractivity contribution >= 4 is 11.7 Å². The molecule has 0 saturated heterocycles. The lowest BCUT2D eigenvalue weighted by atomic mass is 10.3. The number of hydrogen-bond donors (Lipinski definition) is 2. The van der Waals surface area contributed by atoms with Gasteiger partial charge in [-0.05, 0) is 48.0 Å². The van der Waals surface area contributed by atoms with E-state index < -0.39 is 0 Å². The summed E-state index contributed by atoms with van der Waals surface area (Å²) in [5.41, 5.74) is 1.89. The lowest BCUT2D eigenvalue weighted by Crippen LogP contribution is -2.28. The molecule has 0 spiro atoms. The maximum atomic E-state index is 11.9. The Bertz CT molecular complexity index is 921. The van der Waals surface area contributed by atoms with Gasteiger partial charge in [0.1, 0.15) is 23.3 Å². The Morgan fingerprint density at radius 2 is 1.81 bits per heavy atom. The molecule has 0 aliphatic heterocycles. The number of aromatic nitrogens is 2. The van der Waals surface area contributed by atoms with E-state index in [-0.39, 0.29) is 11.7 Å². The number of benzene rings is 1. The third kappa shape index (κ3) is 4.79. The monoisotopic (exact) mass is 345 g/mol. The number of carbonyl (C=O) groups excluding carboxylic acids is 1. The molecule has 0 saturated carbocycles. The summed E-state index contributed by atoms with van der Waals surface area (Å²) >= 11 is 0. The number of urea groups is 1. The molecule has 2 aromatic heterocycles. The van der Waals surface area contributed by atoms with E-state index in [1.807, 2.05) is 18.2 Å². The van der Waals surface area contributed by atoms with Gasteiger partial charge in [0.05, 0.1) is 0 Å². The van der Waals surface area contributed by atoms with Gasteiger partial charge in [0.25, 0.3) is 0 Å². The van der Waals surface area contributed by atoms with Crippen LogP contribution in [0.15, 0.2) is 67.1 Å². The van der Waals surface area contributed by atoms with Crippen molar-refractivity contribution in [3.63, 3.8) is 0 Å². The van der Waals surface area contributed by atoms with Crippen molar-refractivity contribution in [3.05, 3.63) is 78.4 Å². The minimum atomic E-state index is -0.303. The van der Waals surface area contributed by atoms with Crippen LogP contribution < -0.4 is 15.4 Å². The molecule has 128 valence electrons. The van der Waals surface area contributed by atoms with Crippen LogP contribution in [0.5, 0.6) is 11.5 Å². The van der Waals surface area contributed by atoms with Crippen LogP contribution in [0.4, 0.5) is 10.5 Å². The Morgan fingerprint density at radius 3 is 2.54 bits per heavy atom. The van der Waals surface area contributed by atoms with Crippen molar-refractivity contribution in [2.24, 2.45) is 0 Å². The number of pyridine rings is 2. The first kappa shape index (κ1) is 16.9. The molecule has 1 aromatic carbocycles. The number of nitriles is 1. The van der Waals surface area contributed by atoms with Crippen LogP contribution in [0, 0.1) is 11.3 Å². The van der Waals surface area contributed by atoms with E-state index in [1.54, 1.807) is 48.8 Å². The molecule has 7 heteroatoms. The normalized spacial score (nSPS) is 9.81. The van der Waals surface area contributed by atoms with Crippen molar-refractivity contribution in [2.45, 2.75) is 6.54 Å². The quantitative estimate of drug-likeness (QED) is 0.737. The van der Waals surface area contributed by atoms with Gasteiger partial charge in [-0.25, -0.2) is 9.78 Å². The van der Waals surface area contributed by atoms with Crippen molar-refractivity contribution in [3.8, 4) is 17.6 Å². The molecule has 2 amide bonds. The van der Waals surface area contributed by atoms with Gasteiger partial charge in [0, 0.05) is 36.9 Å². The Labute approximate surface area is 150 Å². The lowest BCUT2D eigenvalue weighted by molar-refractivity contribution is 0.251. The minimum absolute atomic E-state index is 0.284. The summed E-state index contributed by atoms with van der Waals surface area (Å²) < 4.78 is 5.66. The molecule has 3 rings (SSSR count). The van der Waals surface area contributed by atoms with Crippen molar-refractivity contribution < 1.29 is 9.53 Å². The second-order valence-corrected chi connectivity index (χ2v) is 5.28. The van der Waals surface area contributed by atoms with Crippen LogP contribution in [0.2, 0.25) is 0 Å². The maximum Gasteiger partial charge on any atom is 0.319 e. The molecular weight excluding hydrogens is 330 g/mol. The summed E-state index contributed by atoms with van der Waals surface area (Å²) in [6.45, 7) is 0.415. The summed E-state index contributed by atoms with van der Waals surface area (Å²) in [5, 5.41) is 14.4. The maximum absolute atomic E-state index is 11.9. The third-order valence-electron chi connectivity index (χ3n) is 3.40. The molecule has 0 aliphatic rings. The highest BCUT2D eigenvalue weighted by Gasteiger charge is 2.03. The summed E-state index contributed by atoms with van der Waals surface area (Å²) in [7, 11) is 0. The number of ether oxygens (including phenoxy) is 1. The summed E-state index contributed by atoms with van der Waals surface area (Å²) in [5.74, 6) is 1.11. The molecule has 2 N–H and O–H groups in total. The third-order valence-corrected chi connectivity index (χ3v) is 3.40. The zero-order valence-electron chi connectivity index (χ0n) is 13.7. The van der Waals surface area contributed by atoms with E-state index in [4.69, 9.17) is 10.00 Å². The number of hydrogen-bond acceptors (Lipinski definition) is 5. The van der Waals surface area contributed by atoms with E-state index in [0.29, 0.717) is 23.7 Å². The minimum Gasteiger partial charge on any atom is -0.457 e. The first-order valence-electron chi connectivity index (χ1n) is 7.81. The highest BCUT2D eigenvalue weighted by Crippen LogP contribution is 2.23. The number of carbonyl (C=O) groups is 1. The largest absolute Gasteiger partial charge is 0.457 e. The van der Waals surface area contributed by atoms with E-state index >= 15 is 0 Å². The van der Waals surface area contributed by atoms with Crippen LogP contribution in [0.25, 0.3) is 0 Å². The second kappa shape index (κ2) is 8.26. The van der Waals surface area contributed by atoms with Gasteiger partial charge in [0.15, 0.2) is 0 Å². The highest BCUT2D eigenvalue weighted by molar-refractivity contribution is 5.89. The predicted molar refractivity (Wildman–Crippen MR) is 95.6 cm³/mol.